The van der Waals surface area contributed by atoms with Gasteiger partial charge in [-0.05, 0) is 33.1 Å². The van der Waals surface area contributed by atoms with Crippen LogP contribution in [0.25, 0.3) is 0 Å². The molecule has 1 fully saturated rings. The molecular formula is C14H25NO3. The molecule has 0 unspecified atom stereocenters. The third-order valence-electron chi connectivity index (χ3n) is 3.92. The lowest BCUT2D eigenvalue weighted by Crippen LogP contribution is -2.50. The summed E-state index contributed by atoms with van der Waals surface area (Å²) in [5, 5.41) is 11.7. The Morgan fingerprint density at radius 2 is 1.78 bits per heavy atom. The van der Waals surface area contributed by atoms with Gasteiger partial charge in [0.05, 0.1) is 0 Å². The SMILES string of the molecule is CC(C)(CCC(=O)O)NC(=O)C1(C)CCCCC1. The molecule has 4 nitrogen and oxygen atoms in total. The van der Waals surface area contributed by atoms with Crippen molar-refractivity contribution in [2.45, 2.75) is 71.3 Å². The predicted molar refractivity (Wildman–Crippen MR) is 70.3 cm³/mol. The minimum atomic E-state index is -0.818. The molecule has 0 spiro atoms. The molecule has 0 atom stereocenters. The van der Waals surface area contributed by atoms with Crippen LogP contribution in [0.15, 0.2) is 0 Å². The number of nitrogens with one attached hydrogen (secondary N) is 1. The molecule has 1 aliphatic carbocycles. The molecule has 2 N–H and O–H groups in total. The highest BCUT2D eigenvalue weighted by Gasteiger charge is 2.36. The van der Waals surface area contributed by atoms with E-state index in [0.29, 0.717) is 6.42 Å². The minimum absolute atomic E-state index is 0.0811. The molecule has 1 saturated carbocycles. The first-order valence-electron chi connectivity index (χ1n) is 6.80. The zero-order valence-electron chi connectivity index (χ0n) is 11.7. The van der Waals surface area contributed by atoms with E-state index < -0.39 is 11.5 Å². The molecule has 4 heteroatoms. The molecule has 18 heavy (non-hydrogen) atoms. The minimum Gasteiger partial charge on any atom is -0.481 e. The van der Waals surface area contributed by atoms with Gasteiger partial charge in [-0.2, -0.15) is 0 Å². The molecule has 1 rings (SSSR count). The number of carboxylic acids is 1. The van der Waals surface area contributed by atoms with E-state index in [0.717, 1.165) is 25.7 Å². The predicted octanol–water partition coefficient (Wildman–Crippen LogP) is 2.72. The Labute approximate surface area is 109 Å². The smallest absolute Gasteiger partial charge is 0.303 e. The van der Waals surface area contributed by atoms with Crippen molar-refractivity contribution in [3.63, 3.8) is 0 Å². The Bertz CT molecular complexity index is 317. The molecule has 0 heterocycles. The van der Waals surface area contributed by atoms with Crippen LogP contribution >= 0.6 is 0 Å². The lowest BCUT2D eigenvalue weighted by atomic mass is 9.74. The van der Waals surface area contributed by atoms with Crippen LogP contribution in [-0.2, 0) is 9.59 Å². The van der Waals surface area contributed by atoms with E-state index >= 15 is 0 Å². The van der Waals surface area contributed by atoms with Crippen LogP contribution in [0.5, 0.6) is 0 Å². The summed E-state index contributed by atoms with van der Waals surface area (Å²) >= 11 is 0. The van der Waals surface area contributed by atoms with Crippen molar-refractivity contribution in [1.82, 2.24) is 5.32 Å². The van der Waals surface area contributed by atoms with Crippen molar-refractivity contribution >= 4 is 11.9 Å². The first-order valence-corrected chi connectivity index (χ1v) is 6.80. The molecule has 0 aromatic heterocycles. The average molecular weight is 255 g/mol. The Balaban J connectivity index is 2.54. The van der Waals surface area contributed by atoms with Gasteiger partial charge in [-0.25, -0.2) is 0 Å². The maximum atomic E-state index is 12.3. The fraction of sp³-hybridized carbons (Fsp3) is 0.857. The molecular weight excluding hydrogens is 230 g/mol. The van der Waals surface area contributed by atoms with Crippen molar-refractivity contribution in [3.05, 3.63) is 0 Å². The van der Waals surface area contributed by atoms with Crippen LogP contribution in [0.3, 0.4) is 0 Å². The third-order valence-corrected chi connectivity index (χ3v) is 3.92. The molecule has 0 aromatic rings. The zero-order valence-corrected chi connectivity index (χ0v) is 11.7. The Morgan fingerprint density at radius 1 is 1.22 bits per heavy atom. The van der Waals surface area contributed by atoms with Crippen LogP contribution in [0.1, 0.15) is 65.7 Å². The van der Waals surface area contributed by atoms with Gasteiger partial charge in [-0.3, -0.25) is 9.59 Å². The van der Waals surface area contributed by atoms with Crippen LogP contribution in [0.4, 0.5) is 0 Å². The standard InChI is InChI=1S/C14H25NO3/c1-13(2,10-7-11(16)17)15-12(18)14(3)8-5-4-6-9-14/h4-10H2,1-3H3,(H,15,18)(H,16,17). The van der Waals surface area contributed by atoms with E-state index in [2.05, 4.69) is 5.32 Å². The number of carboxylic acid groups (broad SMARTS) is 1. The number of hydrogen-bond acceptors (Lipinski definition) is 2. The highest BCUT2D eigenvalue weighted by Crippen LogP contribution is 2.36. The monoisotopic (exact) mass is 255 g/mol. The molecule has 1 aliphatic rings. The zero-order chi connectivity index (χ0) is 13.8. The number of hydrogen-bond donors (Lipinski definition) is 2. The highest BCUT2D eigenvalue weighted by molar-refractivity contribution is 5.83. The van der Waals surface area contributed by atoms with E-state index in [4.69, 9.17) is 5.11 Å². The van der Waals surface area contributed by atoms with E-state index in [1.165, 1.54) is 6.42 Å². The van der Waals surface area contributed by atoms with Crippen LogP contribution in [0.2, 0.25) is 0 Å². The van der Waals surface area contributed by atoms with Crippen molar-refractivity contribution in [2.24, 2.45) is 5.41 Å². The first-order chi connectivity index (χ1) is 8.25. The second kappa shape index (κ2) is 5.72. The van der Waals surface area contributed by atoms with Crippen molar-refractivity contribution in [3.8, 4) is 0 Å². The fourth-order valence-corrected chi connectivity index (χ4v) is 2.50. The summed E-state index contributed by atoms with van der Waals surface area (Å²) in [5.41, 5.74) is -0.714. The maximum Gasteiger partial charge on any atom is 0.303 e. The summed E-state index contributed by atoms with van der Waals surface area (Å²) in [6.07, 6.45) is 5.86. The van der Waals surface area contributed by atoms with Gasteiger partial charge in [-0.1, -0.05) is 26.2 Å². The van der Waals surface area contributed by atoms with Gasteiger partial charge in [-0.15, -0.1) is 0 Å². The van der Waals surface area contributed by atoms with Gasteiger partial charge in [0.25, 0.3) is 0 Å². The van der Waals surface area contributed by atoms with Crippen LogP contribution in [0, 0.1) is 5.41 Å². The van der Waals surface area contributed by atoms with E-state index in [1.807, 2.05) is 20.8 Å². The molecule has 0 aromatic carbocycles. The Morgan fingerprint density at radius 3 is 2.28 bits per heavy atom. The summed E-state index contributed by atoms with van der Waals surface area (Å²) in [6, 6.07) is 0. The first kappa shape index (κ1) is 15.0. The number of amides is 1. The van der Waals surface area contributed by atoms with E-state index in [1.54, 1.807) is 0 Å². The molecule has 1 amide bonds. The fourth-order valence-electron chi connectivity index (χ4n) is 2.50. The molecule has 0 saturated heterocycles. The number of aliphatic carboxylic acids is 1. The molecule has 0 radical (unpaired) electrons. The topological polar surface area (TPSA) is 66.4 Å². The summed E-state index contributed by atoms with van der Waals surface area (Å²) in [4.78, 5) is 22.9. The lowest BCUT2D eigenvalue weighted by molar-refractivity contribution is -0.138. The number of carbonyl (C=O) groups excluding carboxylic acids is 1. The number of carbonyl (C=O) groups is 2. The maximum absolute atomic E-state index is 12.3. The summed E-state index contributed by atoms with van der Waals surface area (Å²) in [6.45, 7) is 5.80. The van der Waals surface area contributed by atoms with Gasteiger partial charge in [0.1, 0.15) is 0 Å². The van der Waals surface area contributed by atoms with E-state index in [9.17, 15) is 9.59 Å². The average Bonchev–Trinajstić information content (AvgIpc) is 2.27. The highest BCUT2D eigenvalue weighted by atomic mass is 16.4. The van der Waals surface area contributed by atoms with Crippen molar-refractivity contribution in [2.75, 3.05) is 0 Å². The van der Waals surface area contributed by atoms with Crippen LogP contribution < -0.4 is 5.32 Å². The van der Waals surface area contributed by atoms with Gasteiger partial charge in [0.15, 0.2) is 0 Å². The third kappa shape index (κ3) is 4.31. The van der Waals surface area contributed by atoms with Gasteiger partial charge in [0.2, 0.25) is 5.91 Å². The number of rotatable bonds is 5. The second-order valence-electron chi connectivity index (χ2n) is 6.35. The van der Waals surface area contributed by atoms with Gasteiger partial charge >= 0.3 is 5.97 Å². The quantitative estimate of drug-likeness (QED) is 0.793. The van der Waals surface area contributed by atoms with Crippen LogP contribution in [-0.4, -0.2) is 22.5 Å². The largest absolute Gasteiger partial charge is 0.481 e. The van der Waals surface area contributed by atoms with Gasteiger partial charge < -0.3 is 10.4 Å². The van der Waals surface area contributed by atoms with Crippen molar-refractivity contribution < 1.29 is 14.7 Å². The van der Waals surface area contributed by atoms with Crippen molar-refractivity contribution in [1.29, 1.82) is 0 Å². The molecule has 0 bridgehead atoms. The Kier molecular flexibility index (Phi) is 4.77. The lowest BCUT2D eigenvalue weighted by Gasteiger charge is -2.36. The summed E-state index contributed by atoms with van der Waals surface area (Å²) < 4.78 is 0. The Hall–Kier alpha value is -1.06. The molecule has 0 aliphatic heterocycles. The van der Waals surface area contributed by atoms with Gasteiger partial charge in [0, 0.05) is 17.4 Å². The summed E-state index contributed by atoms with van der Waals surface area (Å²) in [5.74, 6) is -0.737. The second-order valence-corrected chi connectivity index (χ2v) is 6.35. The molecule has 104 valence electrons. The normalized spacial score (nSPS) is 19.3. The summed E-state index contributed by atoms with van der Waals surface area (Å²) in [7, 11) is 0. The van der Waals surface area contributed by atoms with E-state index in [-0.39, 0.29) is 17.7 Å².